The first-order valence-electron chi connectivity index (χ1n) is 10.7. The van der Waals surface area contributed by atoms with E-state index in [9.17, 15) is 13.2 Å². The van der Waals surface area contributed by atoms with Crippen LogP contribution in [0.2, 0.25) is 0 Å². The molecule has 0 spiro atoms. The number of aryl methyl sites for hydroxylation is 2. The molecule has 31 heavy (non-hydrogen) atoms. The molecule has 1 aliphatic carbocycles. The highest BCUT2D eigenvalue weighted by atomic mass is 19.4. The quantitative estimate of drug-likeness (QED) is 0.455. The summed E-state index contributed by atoms with van der Waals surface area (Å²) in [6.07, 6.45) is 1.89. The normalized spacial score (nSPS) is 15.4. The van der Waals surface area contributed by atoms with Crippen LogP contribution >= 0.6 is 0 Å². The molecule has 1 fully saturated rings. The first kappa shape index (κ1) is 21.5. The van der Waals surface area contributed by atoms with E-state index in [0.717, 1.165) is 48.7 Å². The van der Waals surface area contributed by atoms with Crippen LogP contribution in [0.5, 0.6) is 11.5 Å². The summed E-state index contributed by atoms with van der Waals surface area (Å²) in [4.78, 5) is 4.70. The second kappa shape index (κ2) is 8.81. The van der Waals surface area contributed by atoms with Crippen LogP contribution in [0.3, 0.4) is 0 Å². The molecule has 0 radical (unpaired) electrons. The van der Waals surface area contributed by atoms with Gasteiger partial charge in [-0.3, -0.25) is 0 Å². The minimum absolute atomic E-state index is 0.292. The van der Waals surface area contributed by atoms with Gasteiger partial charge in [-0.05, 0) is 55.2 Å². The first-order chi connectivity index (χ1) is 14.9. The van der Waals surface area contributed by atoms with E-state index in [2.05, 4.69) is 4.57 Å². The molecule has 0 amide bonds. The van der Waals surface area contributed by atoms with Gasteiger partial charge < -0.3 is 14.0 Å². The third-order valence-corrected chi connectivity index (χ3v) is 6.15. The summed E-state index contributed by atoms with van der Waals surface area (Å²) in [7, 11) is 3.20. The molecule has 4 nitrogen and oxygen atoms in total. The average Bonchev–Trinajstić information content (AvgIpc) is 3.15. The number of hydrogen-bond acceptors (Lipinski definition) is 3. The number of benzene rings is 2. The van der Waals surface area contributed by atoms with Crippen molar-refractivity contribution in [3.63, 3.8) is 0 Å². The predicted octanol–water partition coefficient (Wildman–Crippen LogP) is 6.36. The first-order valence-corrected chi connectivity index (χ1v) is 10.7. The van der Waals surface area contributed by atoms with Crippen LogP contribution < -0.4 is 9.47 Å². The van der Waals surface area contributed by atoms with Crippen molar-refractivity contribution >= 4 is 11.0 Å². The van der Waals surface area contributed by atoms with E-state index < -0.39 is 11.7 Å². The lowest BCUT2D eigenvalue weighted by molar-refractivity contribution is -0.137. The zero-order chi connectivity index (χ0) is 22.0. The topological polar surface area (TPSA) is 36.3 Å². The van der Waals surface area contributed by atoms with Crippen LogP contribution in [-0.4, -0.2) is 23.8 Å². The van der Waals surface area contributed by atoms with E-state index in [0.29, 0.717) is 35.9 Å². The lowest BCUT2D eigenvalue weighted by Gasteiger charge is -2.22. The van der Waals surface area contributed by atoms with Crippen LogP contribution in [0.25, 0.3) is 11.0 Å². The summed E-state index contributed by atoms with van der Waals surface area (Å²) in [5, 5.41) is 0. The second-order valence-corrected chi connectivity index (χ2v) is 8.10. The van der Waals surface area contributed by atoms with E-state index in [1.807, 2.05) is 18.2 Å². The van der Waals surface area contributed by atoms with Crippen LogP contribution in [0.1, 0.15) is 55.0 Å². The predicted molar refractivity (Wildman–Crippen MR) is 114 cm³/mol. The highest BCUT2D eigenvalue weighted by Crippen LogP contribution is 2.36. The summed E-state index contributed by atoms with van der Waals surface area (Å²) < 4.78 is 52.5. The zero-order valence-corrected chi connectivity index (χ0v) is 17.8. The van der Waals surface area contributed by atoms with Gasteiger partial charge in [-0.2, -0.15) is 13.2 Å². The Bertz CT molecular complexity index is 1050. The highest BCUT2D eigenvalue weighted by molar-refractivity contribution is 5.77. The Balaban J connectivity index is 1.69. The Hall–Kier alpha value is -2.70. The van der Waals surface area contributed by atoms with Gasteiger partial charge in [0, 0.05) is 12.5 Å². The highest BCUT2D eigenvalue weighted by Gasteiger charge is 2.31. The number of hydrogen-bond donors (Lipinski definition) is 0. The van der Waals surface area contributed by atoms with Crippen molar-refractivity contribution in [2.45, 2.75) is 57.2 Å². The average molecular weight is 432 g/mol. The Morgan fingerprint density at radius 2 is 1.71 bits per heavy atom. The summed E-state index contributed by atoms with van der Waals surface area (Å²) >= 11 is 0. The fourth-order valence-corrected chi connectivity index (χ4v) is 4.51. The molecular weight excluding hydrogens is 405 g/mol. The van der Waals surface area contributed by atoms with Gasteiger partial charge in [-0.15, -0.1) is 0 Å². The van der Waals surface area contributed by atoms with Crippen LogP contribution in [0.4, 0.5) is 13.2 Å². The molecule has 3 aromatic rings. The number of imidazole rings is 1. The largest absolute Gasteiger partial charge is 0.493 e. The molecular formula is C24H27F3N2O2. The standard InChI is InChI=1S/C24H27F3N2O2/c1-30-21-11-8-16(14-22(21)31-2)12-13-29-20-10-9-18(24(25,26)27)15-19(20)28-23(29)17-6-4-3-5-7-17/h8-11,14-15,17H,3-7,12-13H2,1-2H3. The minimum atomic E-state index is -4.37. The lowest BCUT2D eigenvalue weighted by Crippen LogP contribution is -2.13. The number of halogens is 3. The minimum Gasteiger partial charge on any atom is -0.493 e. The van der Waals surface area contributed by atoms with Gasteiger partial charge in [-0.25, -0.2) is 4.98 Å². The molecule has 0 saturated heterocycles. The van der Waals surface area contributed by atoms with Crippen LogP contribution in [-0.2, 0) is 19.1 Å². The van der Waals surface area contributed by atoms with Gasteiger partial charge in [0.1, 0.15) is 5.82 Å². The fraction of sp³-hybridized carbons (Fsp3) is 0.458. The maximum absolute atomic E-state index is 13.2. The molecule has 1 aromatic heterocycles. The fourth-order valence-electron chi connectivity index (χ4n) is 4.51. The SMILES string of the molecule is COc1ccc(CCn2c(C3CCCCC3)nc3cc(C(F)(F)F)ccc32)cc1OC. The Labute approximate surface area is 180 Å². The molecule has 1 aliphatic rings. The van der Waals surface area contributed by atoms with Crippen molar-refractivity contribution in [1.29, 1.82) is 0 Å². The molecule has 2 aromatic carbocycles. The van der Waals surface area contributed by atoms with Crippen molar-refractivity contribution in [1.82, 2.24) is 9.55 Å². The molecule has 1 saturated carbocycles. The van der Waals surface area contributed by atoms with Gasteiger partial charge in [0.2, 0.25) is 0 Å². The molecule has 0 atom stereocenters. The van der Waals surface area contributed by atoms with Gasteiger partial charge >= 0.3 is 6.18 Å². The van der Waals surface area contributed by atoms with Crippen molar-refractivity contribution in [2.75, 3.05) is 14.2 Å². The number of methoxy groups -OCH3 is 2. The van der Waals surface area contributed by atoms with E-state index >= 15 is 0 Å². The molecule has 4 rings (SSSR count). The maximum atomic E-state index is 13.2. The van der Waals surface area contributed by atoms with E-state index in [1.54, 1.807) is 20.3 Å². The van der Waals surface area contributed by atoms with E-state index in [-0.39, 0.29) is 0 Å². The molecule has 0 bridgehead atoms. The molecule has 0 N–H and O–H groups in total. The van der Waals surface area contributed by atoms with Crippen molar-refractivity contribution in [3.8, 4) is 11.5 Å². The molecule has 166 valence electrons. The van der Waals surface area contributed by atoms with E-state index in [1.165, 1.54) is 12.5 Å². The summed E-state index contributed by atoms with van der Waals surface area (Å²) in [5.41, 5.74) is 1.59. The second-order valence-electron chi connectivity index (χ2n) is 8.10. The number of nitrogens with zero attached hydrogens (tertiary/aromatic N) is 2. The van der Waals surface area contributed by atoms with Crippen LogP contribution in [0.15, 0.2) is 36.4 Å². The monoisotopic (exact) mass is 432 g/mol. The smallest absolute Gasteiger partial charge is 0.416 e. The Morgan fingerprint density at radius 3 is 2.39 bits per heavy atom. The van der Waals surface area contributed by atoms with Gasteiger partial charge in [0.05, 0.1) is 30.8 Å². The zero-order valence-electron chi connectivity index (χ0n) is 17.8. The molecule has 0 unspecified atom stereocenters. The van der Waals surface area contributed by atoms with Crippen molar-refractivity contribution < 1.29 is 22.6 Å². The Kier molecular flexibility index (Phi) is 6.12. The van der Waals surface area contributed by atoms with Gasteiger partial charge in [0.25, 0.3) is 0 Å². The molecule has 1 heterocycles. The van der Waals surface area contributed by atoms with Crippen molar-refractivity contribution in [2.24, 2.45) is 0 Å². The lowest BCUT2D eigenvalue weighted by atomic mass is 9.88. The van der Waals surface area contributed by atoms with Crippen LogP contribution in [0, 0.1) is 0 Å². The van der Waals surface area contributed by atoms with Crippen molar-refractivity contribution in [3.05, 3.63) is 53.3 Å². The third-order valence-electron chi connectivity index (χ3n) is 6.15. The number of aromatic nitrogens is 2. The molecule has 0 aliphatic heterocycles. The number of ether oxygens (including phenoxy) is 2. The van der Waals surface area contributed by atoms with Gasteiger partial charge in [-0.1, -0.05) is 25.3 Å². The summed E-state index contributed by atoms with van der Waals surface area (Å²) in [5.74, 6) is 2.54. The number of rotatable bonds is 6. The van der Waals surface area contributed by atoms with Gasteiger partial charge in [0.15, 0.2) is 11.5 Å². The molecule has 7 heteroatoms. The number of alkyl halides is 3. The Morgan fingerprint density at radius 1 is 0.968 bits per heavy atom. The number of fused-ring (bicyclic) bond motifs is 1. The van der Waals surface area contributed by atoms with E-state index in [4.69, 9.17) is 14.5 Å². The summed E-state index contributed by atoms with van der Waals surface area (Å²) in [6.45, 7) is 0.642. The third kappa shape index (κ3) is 4.50. The maximum Gasteiger partial charge on any atom is 0.416 e. The summed E-state index contributed by atoms with van der Waals surface area (Å²) in [6, 6.07) is 9.70.